The molecule has 0 atom stereocenters. The van der Waals surface area contributed by atoms with Crippen LogP contribution in [0.2, 0.25) is 0 Å². The summed E-state index contributed by atoms with van der Waals surface area (Å²) < 4.78 is 2.05. The third-order valence-corrected chi connectivity index (χ3v) is 4.74. The summed E-state index contributed by atoms with van der Waals surface area (Å²) in [5, 5.41) is 19.8. The van der Waals surface area contributed by atoms with Crippen molar-refractivity contribution in [3.05, 3.63) is 65.3 Å². The summed E-state index contributed by atoms with van der Waals surface area (Å²) in [4.78, 5) is 0. The minimum Gasteiger partial charge on any atom is -0.333 e. The molecule has 1 heterocycles. The molecule has 0 amide bonds. The van der Waals surface area contributed by atoms with Gasteiger partial charge in [0.25, 0.3) is 0 Å². The van der Waals surface area contributed by atoms with Crippen LogP contribution in [0.25, 0.3) is 21.9 Å². The van der Waals surface area contributed by atoms with Crippen molar-refractivity contribution in [2.75, 3.05) is 0 Å². The van der Waals surface area contributed by atoms with Gasteiger partial charge in [-0.25, -0.2) is 0 Å². The van der Waals surface area contributed by atoms with E-state index in [-0.39, 0.29) is 0 Å². The third-order valence-electron chi connectivity index (χ3n) is 4.74. The predicted octanol–water partition coefficient (Wildman–Crippen LogP) is 4.38. The molecule has 1 aliphatic rings. The zero-order valence-corrected chi connectivity index (χ0v) is 13.7. The van der Waals surface area contributed by atoms with Crippen LogP contribution in [0.1, 0.15) is 24.0 Å². The zero-order valence-electron chi connectivity index (χ0n) is 13.7. The summed E-state index contributed by atoms with van der Waals surface area (Å²) >= 11 is 0. The number of aromatic nitrogens is 1. The molecule has 1 aromatic heterocycles. The Labute approximate surface area is 141 Å². The molecule has 1 N–H and O–H groups in total. The van der Waals surface area contributed by atoms with Crippen LogP contribution in [0.4, 0.5) is 0 Å². The molecule has 3 heteroatoms. The fourth-order valence-corrected chi connectivity index (χ4v) is 3.18. The lowest BCUT2D eigenvalue weighted by atomic mass is 9.96. The van der Waals surface area contributed by atoms with E-state index in [2.05, 4.69) is 24.4 Å². The molecule has 0 bridgehead atoms. The number of nitrogens with zero attached hydrogens (tertiary/aromatic N) is 2. The number of pyridine rings is 1. The van der Waals surface area contributed by atoms with E-state index < -0.39 is 0 Å². The fraction of sp³-hybridized carbons (Fsp3) is 0.238. The molecular formula is C21H19N3. The first kappa shape index (κ1) is 14.7. The molecule has 4 rings (SSSR count). The van der Waals surface area contributed by atoms with E-state index in [0.717, 1.165) is 39.9 Å². The van der Waals surface area contributed by atoms with Crippen LogP contribution in [0.3, 0.4) is 0 Å². The molecule has 118 valence electrons. The lowest BCUT2D eigenvalue weighted by molar-refractivity contribution is 0.597. The second-order valence-corrected chi connectivity index (χ2v) is 6.76. The minimum atomic E-state index is 0.565. The fourth-order valence-electron chi connectivity index (χ4n) is 3.18. The van der Waals surface area contributed by atoms with Gasteiger partial charge in [0, 0.05) is 12.7 Å². The zero-order chi connectivity index (χ0) is 16.7. The van der Waals surface area contributed by atoms with Gasteiger partial charge in [-0.05, 0) is 65.8 Å². The molecule has 1 aliphatic carbocycles. The molecule has 0 radical (unpaired) electrons. The number of nitriles is 1. The van der Waals surface area contributed by atoms with Crippen molar-refractivity contribution in [1.29, 1.82) is 10.7 Å². The second-order valence-electron chi connectivity index (χ2n) is 6.76. The first-order valence-corrected chi connectivity index (χ1v) is 8.34. The molecule has 0 aliphatic heterocycles. The van der Waals surface area contributed by atoms with Gasteiger partial charge >= 0.3 is 0 Å². The van der Waals surface area contributed by atoms with Gasteiger partial charge in [0.05, 0.1) is 11.6 Å². The number of aryl methyl sites for hydroxylation is 1. The van der Waals surface area contributed by atoms with Crippen molar-refractivity contribution in [1.82, 2.24) is 4.57 Å². The van der Waals surface area contributed by atoms with Crippen molar-refractivity contribution < 1.29 is 0 Å². The molecule has 0 saturated heterocycles. The maximum Gasteiger partial charge on any atom is 0.125 e. The van der Waals surface area contributed by atoms with Crippen molar-refractivity contribution in [2.24, 2.45) is 5.92 Å². The summed E-state index contributed by atoms with van der Waals surface area (Å²) in [5.74, 6) is 0.738. The lowest BCUT2D eigenvalue weighted by Gasteiger charge is -2.11. The number of hydrogen-bond donors (Lipinski definition) is 1. The Hall–Kier alpha value is -2.86. The molecule has 3 nitrogen and oxygen atoms in total. The summed E-state index contributed by atoms with van der Waals surface area (Å²) in [6.45, 7) is 2.98. The summed E-state index contributed by atoms with van der Waals surface area (Å²) in [5.41, 5.74) is 4.44. The summed E-state index contributed by atoms with van der Waals surface area (Å²) in [6.07, 6.45) is 4.64. The SMILES string of the molecule is Cc1ccc(C#N)c(-c2ccc3cc(=N)n(CC4CC4)cc3c2)c1. The van der Waals surface area contributed by atoms with Crippen LogP contribution in [0.5, 0.6) is 0 Å². The highest BCUT2D eigenvalue weighted by Crippen LogP contribution is 2.31. The van der Waals surface area contributed by atoms with Crippen LogP contribution in [0.15, 0.2) is 48.7 Å². The van der Waals surface area contributed by atoms with E-state index in [4.69, 9.17) is 5.41 Å². The van der Waals surface area contributed by atoms with E-state index in [1.165, 1.54) is 12.8 Å². The van der Waals surface area contributed by atoms with Gasteiger partial charge in [-0.2, -0.15) is 5.26 Å². The average Bonchev–Trinajstić information content (AvgIpc) is 3.39. The van der Waals surface area contributed by atoms with E-state index in [0.29, 0.717) is 11.1 Å². The molecule has 1 saturated carbocycles. The monoisotopic (exact) mass is 313 g/mol. The topological polar surface area (TPSA) is 52.6 Å². The Morgan fingerprint density at radius 3 is 2.71 bits per heavy atom. The van der Waals surface area contributed by atoms with Gasteiger partial charge < -0.3 is 4.57 Å². The lowest BCUT2D eigenvalue weighted by Crippen LogP contribution is -2.19. The number of nitrogens with one attached hydrogen (secondary N) is 1. The molecule has 2 aromatic carbocycles. The Balaban J connectivity index is 1.85. The third kappa shape index (κ3) is 2.72. The molecule has 0 unspecified atom stereocenters. The number of benzene rings is 2. The minimum absolute atomic E-state index is 0.565. The van der Waals surface area contributed by atoms with E-state index in [1.54, 1.807) is 0 Å². The summed E-state index contributed by atoms with van der Waals surface area (Å²) in [6, 6.07) is 16.4. The number of rotatable bonds is 3. The number of fused-ring (bicyclic) bond motifs is 1. The maximum atomic E-state index is 9.39. The van der Waals surface area contributed by atoms with Crippen molar-refractivity contribution in [2.45, 2.75) is 26.3 Å². The summed E-state index contributed by atoms with van der Waals surface area (Å²) in [7, 11) is 0. The molecule has 3 aromatic rings. The molecule has 24 heavy (non-hydrogen) atoms. The number of hydrogen-bond acceptors (Lipinski definition) is 2. The Bertz CT molecular complexity index is 1030. The second kappa shape index (κ2) is 5.65. The van der Waals surface area contributed by atoms with Gasteiger partial charge in [0.2, 0.25) is 0 Å². The standard InChI is InChI=1S/C21H19N3/c1-14-2-5-18(11-22)20(8-14)17-7-6-16-10-21(23)24(12-15-3-4-15)13-19(16)9-17/h2,5-10,13,15,23H,3-4,12H2,1H3. The van der Waals surface area contributed by atoms with Crippen LogP contribution >= 0.6 is 0 Å². The molecular weight excluding hydrogens is 294 g/mol. The maximum absolute atomic E-state index is 9.39. The van der Waals surface area contributed by atoms with Crippen LogP contribution in [-0.2, 0) is 6.54 Å². The van der Waals surface area contributed by atoms with Crippen molar-refractivity contribution in [3.8, 4) is 17.2 Å². The molecule has 1 fully saturated rings. The predicted molar refractivity (Wildman–Crippen MR) is 95.4 cm³/mol. The highest BCUT2D eigenvalue weighted by Gasteiger charge is 2.21. The van der Waals surface area contributed by atoms with Crippen LogP contribution in [-0.4, -0.2) is 4.57 Å². The highest BCUT2D eigenvalue weighted by atomic mass is 15.0. The van der Waals surface area contributed by atoms with E-state index >= 15 is 0 Å². The van der Waals surface area contributed by atoms with Crippen LogP contribution in [0, 0.1) is 29.6 Å². The molecule has 0 spiro atoms. The largest absolute Gasteiger partial charge is 0.333 e. The van der Waals surface area contributed by atoms with Gasteiger partial charge in [-0.3, -0.25) is 5.41 Å². The quantitative estimate of drug-likeness (QED) is 0.766. The van der Waals surface area contributed by atoms with E-state index in [9.17, 15) is 5.26 Å². The normalized spacial score (nSPS) is 13.8. The van der Waals surface area contributed by atoms with Crippen molar-refractivity contribution in [3.63, 3.8) is 0 Å². The first-order valence-electron chi connectivity index (χ1n) is 8.34. The average molecular weight is 313 g/mol. The Morgan fingerprint density at radius 1 is 1.12 bits per heavy atom. The van der Waals surface area contributed by atoms with Gasteiger partial charge in [-0.1, -0.05) is 29.8 Å². The Kier molecular flexibility index (Phi) is 3.46. The van der Waals surface area contributed by atoms with Gasteiger partial charge in [-0.15, -0.1) is 0 Å². The Morgan fingerprint density at radius 2 is 1.96 bits per heavy atom. The van der Waals surface area contributed by atoms with Crippen LogP contribution < -0.4 is 5.49 Å². The first-order chi connectivity index (χ1) is 11.6. The van der Waals surface area contributed by atoms with Gasteiger partial charge in [0.15, 0.2) is 0 Å². The van der Waals surface area contributed by atoms with Crippen molar-refractivity contribution >= 4 is 10.8 Å². The highest BCUT2D eigenvalue weighted by molar-refractivity contribution is 5.87. The van der Waals surface area contributed by atoms with Gasteiger partial charge in [0.1, 0.15) is 5.49 Å². The van der Waals surface area contributed by atoms with E-state index in [1.807, 2.05) is 41.8 Å². The smallest absolute Gasteiger partial charge is 0.125 e.